The number of esters is 1. The standard InChI is InChI=1S/C23H27ClF3NO6/c1-3-17(22-19(13-31-21(4-2)33-22)34-28-10-6-5-7-11-28)32-20(29)14-30-18-9-8-15(12-16(18)24)23(25,26)27/h5-10,12,17,19,21-22H,3-4,11,13-14H2,1-2H3/t17?,19-,21+,22-/m1/s1. The van der Waals surface area contributed by atoms with Gasteiger partial charge in [-0.25, -0.2) is 4.79 Å². The maximum atomic E-state index is 12.8. The zero-order chi connectivity index (χ0) is 24.7. The van der Waals surface area contributed by atoms with Crippen LogP contribution in [0.4, 0.5) is 13.2 Å². The molecule has 1 aromatic carbocycles. The highest BCUT2D eigenvalue weighted by atomic mass is 35.5. The molecule has 1 aromatic rings. The van der Waals surface area contributed by atoms with Crippen LogP contribution in [0, 0.1) is 0 Å². The predicted molar refractivity (Wildman–Crippen MR) is 117 cm³/mol. The summed E-state index contributed by atoms with van der Waals surface area (Å²) in [6.07, 6.45) is 1.70. The Bertz CT molecular complexity index is 894. The summed E-state index contributed by atoms with van der Waals surface area (Å²) in [6, 6.07) is 2.63. The van der Waals surface area contributed by atoms with Crippen LogP contribution < -0.4 is 4.74 Å². The van der Waals surface area contributed by atoms with Gasteiger partial charge in [0, 0.05) is 6.20 Å². The number of benzene rings is 1. The van der Waals surface area contributed by atoms with E-state index in [1.807, 2.05) is 32.1 Å². The molecular weight excluding hydrogens is 479 g/mol. The van der Waals surface area contributed by atoms with Crippen molar-refractivity contribution in [3.8, 4) is 5.75 Å². The molecular formula is C23H27ClF3NO6. The summed E-state index contributed by atoms with van der Waals surface area (Å²) in [7, 11) is 0. The molecule has 0 aromatic heterocycles. The number of rotatable bonds is 9. The second-order valence-corrected chi connectivity index (χ2v) is 8.06. The minimum absolute atomic E-state index is 0.0563. The molecule has 0 amide bonds. The van der Waals surface area contributed by atoms with Gasteiger partial charge in [0.25, 0.3) is 0 Å². The molecule has 2 aliphatic rings. The lowest BCUT2D eigenvalue weighted by molar-refractivity contribution is -0.315. The lowest BCUT2D eigenvalue weighted by Gasteiger charge is -2.40. The number of alkyl halides is 3. The van der Waals surface area contributed by atoms with E-state index in [9.17, 15) is 18.0 Å². The van der Waals surface area contributed by atoms with Crippen molar-refractivity contribution in [2.24, 2.45) is 0 Å². The minimum Gasteiger partial charge on any atom is -0.480 e. The second-order valence-electron chi connectivity index (χ2n) is 7.65. The van der Waals surface area contributed by atoms with Crippen molar-refractivity contribution in [2.75, 3.05) is 19.8 Å². The molecule has 2 heterocycles. The van der Waals surface area contributed by atoms with E-state index in [1.54, 1.807) is 11.3 Å². The van der Waals surface area contributed by atoms with E-state index in [0.29, 0.717) is 19.4 Å². The van der Waals surface area contributed by atoms with Crippen molar-refractivity contribution in [3.63, 3.8) is 0 Å². The van der Waals surface area contributed by atoms with Crippen LogP contribution in [-0.4, -0.2) is 55.4 Å². The monoisotopic (exact) mass is 505 g/mol. The third-order valence-electron chi connectivity index (χ3n) is 5.17. The van der Waals surface area contributed by atoms with Crippen LogP contribution in [0.2, 0.25) is 5.02 Å². The summed E-state index contributed by atoms with van der Waals surface area (Å²) in [5.74, 6) is -0.773. The molecule has 1 unspecified atom stereocenters. The maximum absolute atomic E-state index is 12.8. The molecule has 0 spiro atoms. The fourth-order valence-electron chi connectivity index (χ4n) is 3.45. The highest BCUT2D eigenvalue weighted by Gasteiger charge is 2.40. The quantitative estimate of drug-likeness (QED) is 0.442. The highest BCUT2D eigenvalue weighted by molar-refractivity contribution is 6.32. The number of hydrogen-bond acceptors (Lipinski definition) is 7. The molecule has 2 aliphatic heterocycles. The van der Waals surface area contributed by atoms with Crippen LogP contribution in [0.3, 0.4) is 0 Å². The summed E-state index contributed by atoms with van der Waals surface area (Å²) in [6.45, 7) is 4.02. The molecule has 1 fully saturated rings. The van der Waals surface area contributed by atoms with Gasteiger partial charge >= 0.3 is 12.1 Å². The molecule has 0 radical (unpaired) electrons. The molecule has 0 aliphatic carbocycles. The largest absolute Gasteiger partial charge is 0.480 e. The second kappa shape index (κ2) is 11.9. The van der Waals surface area contributed by atoms with E-state index in [1.165, 1.54) is 0 Å². The Balaban J connectivity index is 1.61. The number of hydrogen-bond donors (Lipinski definition) is 0. The van der Waals surface area contributed by atoms with Crippen LogP contribution in [0.25, 0.3) is 0 Å². The average Bonchev–Trinajstić information content (AvgIpc) is 2.82. The Morgan fingerprint density at radius 3 is 2.71 bits per heavy atom. The van der Waals surface area contributed by atoms with Gasteiger partial charge in [0.05, 0.1) is 23.7 Å². The van der Waals surface area contributed by atoms with E-state index in [0.717, 1.165) is 18.2 Å². The number of allylic oxidation sites excluding steroid dienone is 2. The van der Waals surface area contributed by atoms with Crippen molar-refractivity contribution in [2.45, 2.75) is 57.5 Å². The third kappa shape index (κ3) is 7.11. The highest BCUT2D eigenvalue weighted by Crippen LogP contribution is 2.34. The molecule has 3 rings (SSSR count). The molecule has 0 bridgehead atoms. The smallest absolute Gasteiger partial charge is 0.416 e. The molecule has 34 heavy (non-hydrogen) atoms. The summed E-state index contributed by atoms with van der Waals surface area (Å²) in [5.41, 5.74) is -0.911. The summed E-state index contributed by atoms with van der Waals surface area (Å²) in [5, 5.41) is 1.38. The summed E-state index contributed by atoms with van der Waals surface area (Å²) < 4.78 is 61.0. The van der Waals surface area contributed by atoms with Gasteiger partial charge in [-0.1, -0.05) is 37.6 Å². The third-order valence-corrected chi connectivity index (χ3v) is 5.46. The number of halogens is 4. The summed E-state index contributed by atoms with van der Waals surface area (Å²) >= 11 is 5.87. The van der Waals surface area contributed by atoms with E-state index in [4.69, 9.17) is 35.4 Å². The van der Waals surface area contributed by atoms with Crippen molar-refractivity contribution in [3.05, 3.63) is 53.2 Å². The SMILES string of the molecule is CCC(OC(=O)COc1ccc(C(F)(F)F)cc1Cl)[C@H]1O[C@@H](CC)OC[C@H]1ON1C=CC=CC1. The maximum Gasteiger partial charge on any atom is 0.416 e. The first-order valence-electron chi connectivity index (χ1n) is 10.9. The average molecular weight is 506 g/mol. The van der Waals surface area contributed by atoms with E-state index in [-0.39, 0.29) is 17.4 Å². The van der Waals surface area contributed by atoms with Gasteiger partial charge in [-0.2, -0.15) is 13.2 Å². The molecule has 7 nitrogen and oxygen atoms in total. The lowest BCUT2D eigenvalue weighted by atomic mass is 10.0. The lowest BCUT2D eigenvalue weighted by Crippen LogP contribution is -2.53. The van der Waals surface area contributed by atoms with Crippen molar-refractivity contribution >= 4 is 17.6 Å². The van der Waals surface area contributed by atoms with Gasteiger partial charge in [-0.3, -0.25) is 9.90 Å². The number of carbonyl (C=O) groups excluding carboxylic acids is 1. The Morgan fingerprint density at radius 1 is 1.29 bits per heavy atom. The van der Waals surface area contributed by atoms with Crippen LogP contribution >= 0.6 is 11.6 Å². The first-order chi connectivity index (χ1) is 16.2. The van der Waals surface area contributed by atoms with Gasteiger partial charge in [0.2, 0.25) is 0 Å². The molecule has 188 valence electrons. The topological polar surface area (TPSA) is 66.5 Å². The van der Waals surface area contributed by atoms with Crippen molar-refractivity contribution in [1.29, 1.82) is 0 Å². The van der Waals surface area contributed by atoms with Gasteiger partial charge < -0.3 is 18.9 Å². The molecule has 4 atom stereocenters. The number of nitrogens with zero attached hydrogens (tertiary/aromatic N) is 1. The zero-order valence-electron chi connectivity index (χ0n) is 18.8. The Labute approximate surface area is 200 Å². The van der Waals surface area contributed by atoms with Crippen LogP contribution in [0.1, 0.15) is 32.3 Å². The number of carbonyl (C=O) groups is 1. The summed E-state index contributed by atoms with van der Waals surface area (Å²) in [4.78, 5) is 18.5. The minimum atomic E-state index is -4.53. The van der Waals surface area contributed by atoms with E-state index in [2.05, 4.69) is 0 Å². The van der Waals surface area contributed by atoms with Gasteiger partial charge in [-0.05, 0) is 37.1 Å². The zero-order valence-corrected chi connectivity index (χ0v) is 19.6. The van der Waals surface area contributed by atoms with Crippen LogP contribution in [-0.2, 0) is 30.0 Å². The fourth-order valence-corrected chi connectivity index (χ4v) is 3.68. The van der Waals surface area contributed by atoms with Gasteiger partial charge in [-0.15, -0.1) is 0 Å². The first kappa shape index (κ1) is 26.3. The Kier molecular flexibility index (Phi) is 9.24. The van der Waals surface area contributed by atoms with E-state index < -0.39 is 48.9 Å². The van der Waals surface area contributed by atoms with E-state index >= 15 is 0 Å². The van der Waals surface area contributed by atoms with Crippen molar-refractivity contribution < 1.29 is 41.8 Å². The fraction of sp³-hybridized carbons (Fsp3) is 0.522. The van der Waals surface area contributed by atoms with Gasteiger partial charge in [0.1, 0.15) is 24.1 Å². The number of ether oxygens (including phenoxy) is 4. The molecule has 1 saturated heterocycles. The van der Waals surface area contributed by atoms with Crippen molar-refractivity contribution in [1.82, 2.24) is 5.06 Å². The Hall–Kier alpha value is -2.27. The van der Waals surface area contributed by atoms with Crippen LogP contribution in [0.5, 0.6) is 5.75 Å². The van der Waals surface area contributed by atoms with Gasteiger partial charge in [0.15, 0.2) is 12.9 Å². The molecule has 0 N–H and O–H groups in total. The first-order valence-corrected chi connectivity index (χ1v) is 11.3. The normalized spacial score (nSPS) is 23.6. The Morgan fingerprint density at radius 2 is 2.09 bits per heavy atom. The number of hydroxylamine groups is 2. The van der Waals surface area contributed by atoms with Crippen LogP contribution in [0.15, 0.2) is 42.6 Å². The molecule has 0 saturated carbocycles. The molecule has 11 heteroatoms. The predicted octanol–water partition coefficient (Wildman–Crippen LogP) is 4.90.